The Morgan fingerprint density at radius 3 is 2.16 bits per heavy atom. The van der Waals surface area contributed by atoms with Crippen molar-refractivity contribution in [2.75, 3.05) is 32.8 Å². The predicted octanol–water partition coefficient (Wildman–Crippen LogP) is 4.83. The van der Waals surface area contributed by atoms with Gasteiger partial charge in [-0.3, -0.25) is 9.59 Å². The van der Waals surface area contributed by atoms with Crippen molar-refractivity contribution < 1.29 is 14.3 Å². The van der Waals surface area contributed by atoms with E-state index in [4.69, 9.17) is 4.74 Å². The van der Waals surface area contributed by atoms with Crippen LogP contribution in [-0.4, -0.2) is 54.4 Å². The molecule has 0 atom stereocenters. The Morgan fingerprint density at radius 1 is 0.875 bits per heavy atom. The Bertz CT molecular complexity index is 898. The number of hydrogen-bond acceptors (Lipinski definition) is 3. The van der Waals surface area contributed by atoms with Crippen LogP contribution in [0.2, 0.25) is 0 Å². The van der Waals surface area contributed by atoms with Gasteiger partial charge < -0.3 is 14.5 Å². The number of amides is 2. The van der Waals surface area contributed by atoms with Crippen LogP contribution in [0.15, 0.2) is 48.5 Å². The Kier molecular flexibility index (Phi) is 7.94. The van der Waals surface area contributed by atoms with Gasteiger partial charge in [0.05, 0.1) is 6.61 Å². The Morgan fingerprint density at radius 2 is 1.50 bits per heavy atom. The van der Waals surface area contributed by atoms with Crippen LogP contribution >= 0.6 is 0 Å². The van der Waals surface area contributed by atoms with Crippen molar-refractivity contribution in [3.63, 3.8) is 0 Å². The van der Waals surface area contributed by atoms with E-state index in [1.54, 1.807) is 0 Å². The normalized spacial score (nSPS) is 14.8. The maximum Gasteiger partial charge on any atom is 0.253 e. The maximum atomic E-state index is 12.8. The number of hydrogen-bond donors (Lipinski definition) is 0. The van der Waals surface area contributed by atoms with E-state index in [1.807, 2.05) is 53.1 Å². The molecule has 2 aromatic carbocycles. The molecule has 172 valence electrons. The van der Waals surface area contributed by atoms with E-state index in [2.05, 4.69) is 32.9 Å². The largest absolute Gasteiger partial charge is 0.494 e. The number of benzene rings is 2. The third-order valence-corrected chi connectivity index (χ3v) is 5.96. The lowest BCUT2D eigenvalue weighted by Gasteiger charge is -2.22. The van der Waals surface area contributed by atoms with Crippen molar-refractivity contribution >= 4 is 11.8 Å². The molecule has 1 fully saturated rings. The molecule has 0 bridgehead atoms. The molecule has 1 heterocycles. The highest BCUT2D eigenvalue weighted by atomic mass is 16.5. The molecule has 2 aromatic rings. The monoisotopic (exact) mass is 436 g/mol. The van der Waals surface area contributed by atoms with Gasteiger partial charge in [-0.1, -0.05) is 50.6 Å². The lowest BCUT2D eigenvalue weighted by Crippen LogP contribution is -2.37. The van der Waals surface area contributed by atoms with Gasteiger partial charge in [-0.15, -0.1) is 0 Å². The van der Waals surface area contributed by atoms with Crippen molar-refractivity contribution in [2.24, 2.45) is 0 Å². The van der Waals surface area contributed by atoms with Crippen LogP contribution < -0.4 is 4.74 Å². The number of aryl methyl sites for hydroxylation is 1. The van der Waals surface area contributed by atoms with Crippen molar-refractivity contribution in [3.05, 3.63) is 65.2 Å². The van der Waals surface area contributed by atoms with E-state index in [1.165, 1.54) is 5.56 Å². The first-order chi connectivity index (χ1) is 15.2. The van der Waals surface area contributed by atoms with E-state index < -0.39 is 0 Å². The molecule has 32 heavy (non-hydrogen) atoms. The topological polar surface area (TPSA) is 49.9 Å². The molecular formula is C27H36N2O3. The summed E-state index contributed by atoms with van der Waals surface area (Å²) in [6.07, 6.45) is 1.95. The maximum absolute atomic E-state index is 12.8. The average Bonchev–Trinajstić information content (AvgIpc) is 3.03. The van der Waals surface area contributed by atoms with Crippen molar-refractivity contribution in [3.8, 4) is 5.75 Å². The molecule has 5 heteroatoms. The third-order valence-electron chi connectivity index (χ3n) is 5.96. The minimum Gasteiger partial charge on any atom is -0.494 e. The zero-order valence-electron chi connectivity index (χ0n) is 19.9. The van der Waals surface area contributed by atoms with Gasteiger partial charge in [0.2, 0.25) is 5.91 Å². The SMILES string of the molecule is Cc1ccc(C(=O)N2CCCN(C(=O)CCCOc3ccc(C(C)(C)C)cc3)CC2)cc1. The summed E-state index contributed by atoms with van der Waals surface area (Å²) in [6, 6.07) is 15.9. The summed E-state index contributed by atoms with van der Waals surface area (Å²) in [5.41, 5.74) is 3.25. The molecule has 1 aliphatic heterocycles. The minimum absolute atomic E-state index is 0.0465. The zero-order chi connectivity index (χ0) is 23.1. The van der Waals surface area contributed by atoms with Gasteiger partial charge in [0.15, 0.2) is 0 Å². The summed E-state index contributed by atoms with van der Waals surface area (Å²) in [6.45, 7) is 11.7. The van der Waals surface area contributed by atoms with Crippen LogP contribution in [0.4, 0.5) is 0 Å². The van der Waals surface area contributed by atoms with Gasteiger partial charge in [-0.05, 0) is 55.0 Å². The lowest BCUT2D eigenvalue weighted by atomic mass is 9.87. The van der Waals surface area contributed by atoms with Gasteiger partial charge in [0, 0.05) is 38.2 Å². The molecule has 2 amide bonds. The highest BCUT2D eigenvalue weighted by Crippen LogP contribution is 2.24. The van der Waals surface area contributed by atoms with Crippen molar-refractivity contribution in [2.45, 2.75) is 52.4 Å². The summed E-state index contributed by atoms with van der Waals surface area (Å²) in [7, 11) is 0. The second-order valence-electron chi connectivity index (χ2n) is 9.62. The molecule has 3 rings (SSSR count). The molecule has 0 saturated carbocycles. The number of rotatable bonds is 6. The summed E-state index contributed by atoms with van der Waals surface area (Å²) >= 11 is 0. The van der Waals surface area contributed by atoms with Gasteiger partial charge in [0.1, 0.15) is 5.75 Å². The van der Waals surface area contributed by atoms with Crippen LogP contribution in [0.3, 0.4) is 0 Å². The lowest BCUT2D eigenvalue weighted by molar-refractivity contribution is -0.131. The highest BCUT2D eigenvalue weighted by molar-refractivity contribution is 5.94. The summed E-state index contributed by atoms with van der Waals surface area (Å²) in [5, 5.41) is 0. The van der Waals surface area contributed by atoms with Crippen LogP contribution in [0, 0.1) is 6.92 Å². The van der Waals surface area contributed by atoms with E-state index in [0.717, 1.165) is 17.7 Å². The molecule has 1 aliphatic rings. The molecule has 5 nitrogen and oxygen atoms in total. The van der Waals surface area contributed by atoms with Crippen LogP contribution in [0.25, 0.3) is 0 Å². The predicted molar refractivity (Wildman–Crippen MR) is 128 cm³/mol. The van der Waals surface area contributed by atoms with Gasteiger partial charge in [-0.2, -0.15) is 0 Å². The highest BCUT2D eigenvalue weighted by Gasteiger charge is 2.22. The fourth-order valence-electron chi connectivity index (χ4n) is 3.87. The fourth-order valence-corrected chi connectivity index (χ4v) is 3.87. The zero-order valence-corrected chi connectivity index (χ0v) is 19.9. The first-order valence-electron chi connectivity index (χ1n) is 11.6. The van der Waals surface area contributed by atoms with E-state index >= 15 is 0 Å². The first kappa shape index (κ1) is 23.8. The van der Waals surface area contributed by atoms with Crippen molar-refractivity contribution in [1.29, 1.82) is 0 Å². The van der Waals surface area contributed by atoms with Gasteiger partial charge in [0.25, 0.3) is 5.91 Å². The second kappa shape index (κ2) is 10.7. The summed E-state index contributed by atoms with van der Waals surface area (Å²) < 4.78 is 5.82. The smallest absolute Gasteiger partial charge is 0.253 e. The van der Waals surface area contributed by atoms with Crippen LogP contribution in [0.5, 0.6) is 5.75 Å². The van der Waals surface area contributed by atoms with E-state index in [0.29, 0.717) is 51.2 Å². The minimum atomic E-state index is 0.0465. The van der Waals surface area contributed by atoms with Crippen LogP contribution in [-0.2, 0) is 10.2 Å². The van der Waals surface area contributed by atoms with Gasteiger partial charge in [-0.25, -0.2) is 0 Å². The number of carbonyl (C=O) groups is 2. The standard InChI is InChI=1S/C27H36N2O3/c1-21-8-10-22(11-9-21)26(31)29-17-6-16-28(18-19-29)25(30)7-5-20-32-24-14-12-23(13-15-24)27(2,3)4/h8-15H,5-7,16-20H2,1-4H3. The van der Waals surface area contributed by atoms with E-state index in [-0.39, 0.29) is 17.2 Å². The molecule has 0 unspecified atom stereocenters. The summed E-state index contributed by atoms with van der Waals surface area (Å²) in [4.78, 5) is 29.2. The Hall–Kier alpha value is -2.82. The quantitative estimate of drug-likeness (QED) is 0.610. The molecule has 0 aliphatic carbocycles. The fraction of sp³-hybridized carbons (Fsp3) is 0.481. The number of carbonyl (C=O) groups excluding carboxylic acids is 2. The number of nitrogens with zero attached hydrogens (tertiary/aromatic N) is 2. The average molecular weight is 437 g/mol. The van der Waals surface area contributed by atoms with E-state index in [9.17, 15) is 9.59 Å². The third kappa shape index (κ3) is 6.59. The second-order valence-corrected chi connectivity index (χ2v) is 9.62. The van der Waals surface area contributed by atoms with Crippen LogP contribution in [0.1, 0.15) is 61.5 Å². The Labute approximate surface area is 192 Å². The van der Waals surface area contributed by atoms with Crippen molar-refractivity contribution in [1.82, 2.24) is 9.80 Å². The molecular weight excluding hydrogens is 400 g/mol. The summed E-state index contributed by atoms with van der Waals surface area (Å²) in [5.74, 6) is 1.02. The van der Waals surface area contributed by atoms with Gasteiger partial charge >= 0.3 is 0 Å². The molecule has 0 aromatic heterocycles. The Balaban J connectivity index is 1.41. The molecule has 0 radical (unpaired) electrons. The molecule has 0 N–H and O–H groups in total. The molecule has 1 saturated heterocycles. The number of ether oxygens (including phenoxy) is 1. The first-order valence-corrected chi connectivity index (χ1v) is 11.6. The molecule has 0 spiro atoms.